The Morgan fingerprint density at radius 3 is 1.05 bits per heavy atom. The van der Waals surface area contributed by atoms with Gasteiger partial charge in [0.05, 0.1) is 71.7 Å². The Hall–Kier alpha value is -12.4. The van der Waals surface area contributed by atoms with Gasteiger partial charge in [-0.1, -0.05) is 133 Å². The molecule has 19 rings (SSSR count). The lowest BCUT2D eigenvalue weighted by atomic mass is 10.00. The quantitative estimate of drug-likeness (QED) is 0.166. The van der Waals surface area contributed by atoms with Crippen molar-refractivity contribution < 1.29 is 8.83 Å². The zero-order chi connectivity index (χ0) is 57.9. The average molecular weight is 1120 g/mol. The van der Waals surface area contributed by atoms with Crippen LogP contribution in [-0.4, -0.2) is 18.3 Å². The highest BCUT2D eigenvalue weighted by Gasteiger charge is 2.27. The summed E-state index contributed by atoms with van der Waals surface area (Å²) >= 11 is 0. The van der Waals surface area contributed by atoms with Crippen molar-refractivity contribution in [3.63, 3.8) is 0 Å². The fourth-order valence-corrected chi connectivity index (χ4v) is 14.6. The van der Waals surface area contributed by atoms with Gasteiger partial charge in [-0.15, -0.1) is 0 Å². The van der Waals surface area contributed by atoms with Crippen molar-refractivity contribution in [1.29, 1.82) is 10.5 Å². The molecule has 0 radical (unpaired) electrons. The van der Waals surface area contributed by atoms with Crippen LogP contribution in [0, 0.1) is 22.7 Å². The molecule has 0 aliphatic carbocycles. The summed E-state index contributed by atoms with van der Waals surface area (Å²) < 4.78 is 22.7. The standard InChI is InChI=1S/C80H44N6O2/c81-45-51-39-55(85-70-35-29-49(43-64(70)76-72(85)37-31-60-58-21-9-13-25-74(58)87-79(60)76)47-27-33-68-62(41-47)56-19-7-11-23-66(56)83(68)53-15-3-1-4-16-53)40-52(46-82)78(51)86-71-36-30-50(44-65(71)77-73(86)38-32-61-59-22-10-14-26-75(59)88-80(61)77)48-28-34-69-63(42-48)57-20-8-12-24-67(57)84(69)54-17-5-2-6-18-54/h1-44H. The second-order valence-electron chi connectivity index (χ2n) is 23.0. The zero-order valence-corrected chi connectivity index (χ0v) is 46.9. The Kier molecular flexibility index (Phi) is 9.87. The fraction of sp³-hybridized carbons (Fsp3) is 0. The molecule has 0 atom stereocenters. The first kappa shape index (κ1) is 48.1. The van der Waals surface area contributed by atoms with Gasteiger partial charge in [0.15, 0.2) is 0 Å². The number of benzene rings is 13. The van der Waals surface area contributed by atoms with Gasteiger partial charge in [0.1, 0.15) is 34.5 Å². The van der Waals surface area contributed by atoms with E-state index in [0.717, 1.165) is 149 Å². The predicted octanol–water partition coefficient (Wildman–Crippen LogP) is 21.0. The first-order valence-corrected chi connectivity index (χ1v) is 29.5. The maximum atomic E-state index is 11.6. The summed E-state index contributed by atoms with van der Waals surface area (Å²) in [5, 5.41) is 35.7. The van der Waals surface area contributed by atoms with Crippen LogP contribution in [0.15, 0.2) is 276 Å². The topological polar surface area (TPSA) is 93.6 Å². The second kappa shape index (κ2) is 18.1. The second-order valence-corrected chi connectivity index (χ2v) is 23.0. The first-order valence-electron chi connectivity index (χ1n) is 29.5. The van der Waals surface area contributed by atoms with E-state index in [-0.39, 0.29) is 0 Å². The van der Waals surface area contributed by atoms with Gasteiger partial charge in [0, 0.05) is 70.9 Å². The largest absolute Gasteiger partial charge is 0.455 e. The minimum atomic E-state index is 0.348. The molecular formula is C80H44N6O2. The van der Waals surface area contributed by atoms with Crippen molar-refractivity contribution in [2.45, 2.75) is 0 Å². The molecule has 19 aromatic rings. The van der Waals surface area contributed by atoms with Gasteiger partial charge in [-0.3, -0.25) is 0 Å². The van der Waals surface area contributed by atoms with Gasteiger partial charge < -0.3 is 27.1 Å². The van der Waals surface area contributed by atoms with Crippen LogP contribution in [-0.2, 0) is 0 Å². The minimum absolute atomic E-state index is 0.348. The summed E-state index contributed by atoms with van der Waals surface area (Å²) in [5.74, 6) is 0. The van der Waals surface area contributed by atoms with Gasteiger partial charge >= 0.3 is 0 Å². The van der Waals surface area contributed by atoms with E-state index < -0.39 is 0 Å². The molecule has 0 saturated heterocycles. The molecule has 88 heavy (non-hydrogen) atoms. The lowest BCUT2D eigenvalue weighted by Gasteiger charge is -2.16. The van der Waals surface area contributed by atoms with E-state index in [0.29, 0.717) is 22.5 Å². The van der Waals surface area contributed by atoms with Crippen LogP contribution in [0.1, 0.15) is 11.1 Å². The number of nitriles is 2. The van der Waals surface area contributed by atoms with Crippen LogP contribution in [0.25, 0.3) is 176 Å². The van der Waals surface area contributed by atoms with Crippen molar-refractivity contribution in [2.24, 2.45) is 0 Å². The molecule has 0 saturated carbocycles. The van der Waals surface area contributed by atoms with Crippen LogP contribution in [0.3, 0.4) is 0 Å². The number of furan rings is 2. The molecule has 0 fully saturated rings. The molecule has 13 aromatic carbocycles. The molecular weight excluding hydrogens is 1080 g/mol. The molecule has 6 heterocycles. The predicted molar refractivity (Wildman–Crippen MR) is 359 cm³/mol. The normalized spacial score (nSPS) is 12.1. The molecule has 0 unspecified atom stereocenters. The van der Waals surface area contributed by atoms with Crippen LogP contribution in [0.2, 0.25) is 0 Å². The summed E-state index contributed by atoms with van der Waals surface area (Å²) in [4.78, 5) is 0. The minimum Gasteiger partial charge on any atom is -0.455 e. The molecule has 0 N–H and O–H groups in total. The number of nitrogens with zero attached hydrogens (tertiary/aromatic N) is 6. The van der Waals surface area contributed by atoms with Gasteiger partial charge in [-0.2, -0.15) is 10.5 Å². The van der Waals surface area contributed by atoms with Crippen molar-refractivity contribution in [3.8, 4) is 57.1 Å². The molecule has 0 aliphatic rings. The van der Waals surface area contributed by atoms with Crippen LogP contribution in [0.4, 0.5) is 0 Å². The van der Waals surface area contributed by atoms with Crippen molar-refractivity contribution in [2.75, 3.05) is 0 Å². The average Bonchev–Trinajstić information content (AvgIpc) is 1.90. The number of aromatic nitrogens is 4. The maximum Gasteiger partial charge on any atom is 0.145 e. The Labute approximate surface area is 501 Å². The highest BCUT2D eigenvalue weighted by atomic mass is 16.3. The molecule has 0 bridgehead atoms. The van der Waals surface area contributed by atoms with Gasteiger partial charge in [-0.05, 0) is 156 Å². The van der Waals surface area contributed by atoms with Crippen molar-refractivity contribution in [1.82, 2.24) is 18.3 Å². The number of fused-ring (bicyclic) bond motifs is 20. The highest BCUT2D eigenvalue weighted by molar-refractivity contribution is 6.26. The molecule has 0 spiro atoms. The molecule has 0 amide bonds. The third-order valence-electron chi connectivity index (χ3n) is 18.4. The smallest absolute Gasteiger partial charge is 0.145 e. The summed E-state index contributed by atoms with van der Waals surface area (Å²) in [6.07, 6.45) is 0. The van der Waals surface area contributed by atoms with E-state index in [1.54, 1.807) is 0 Å². The molecule has 406 valence electrons. The summed E-state index contributed by atoms with van der Waals surface area (Å²) in [5.41, 5.74) is 19.4. The summed E-state index contributed by atoms with van der Waals surface area (Å²) in [6.45, 7) is 0. The third kappa shape index (κ3) is 6.65. The van der Waals surface area contributed by atoms with E-state index in [2.05, 4.69) is 249 Å². The number of para-hydroxylation sites is 6. The number of hydrogen-bond acceptors (Lipinski definition) is 4. The van der Waals surface area contributed by atoms with Crippen LogP contribution < -0.4 is 0 Å². The third-order valence-corrected chi connectivity index (χ3v) is 18.4. The zero-order valence-electron chi connectivity index (χ0n) is 46.9. The maximum absolute atomic E-state index is 11.6. The summed E-state index contributed by atoms with van der Waals surface area (Å²) in [7, 11) is 0. The molecule has 0 aliphatic heterocycles. The van der Waals surface area contributed by atoms with Crippen molar-refractivity contribution >= 4 is 131 Å². The Morgan fingerprint density at radius 2 is 0.591 bits per heavy atom. The molecule has 8 nitrogen and oxygen atoms in total. The van der Waals surface area contributed by atoms with E-state index in [4.69, 9.17) is 8.83 Å². The van der Waals surface area contributed by atoms with E-state index in [1.807, 2.05) is 48.5 Å². The SMILES string of the molecule is N#Cc1cc(-n2c3ccc(-c4ccc5c(c4)c4ccccc4n5-c4ccccc4)cc3c3c4oc5ccccc5c4ccc32)cc(C#N)c1-n1c2ccc(-c3ccc4c(c3)c3ccccc3n4-c3ccccc3)cc2c2c3oc4ccccc4c3ccc21. The highest BCUT2D eigenvalue weighted by Crippen LogP contribution is 2.47. The molecule has 8 heteroatoms. The van der Waals surface area contributed by atoms with Crippen molar-refractivity contribution in [3.05, 3.63) is 278 Å². The fourth-order valence-electron chi connectivity index (χ4n) is 14.6. The summed E-state index contributed by atoms with van der Waals surface area (Å²) in [6, 6.07) is 98.8. The Bertz CT molecular complexity index is 6290. The van der Waals surface area contributed by atoms with E-state index in [1.165, 1.54) is 16.2 Å². The van der Waals surface area contributed by atoms with Gasteiger partial charge in [0.25, 0.3) is 0 Å². The number of rotatable bonds is 6. The Morgan fingerprint density at radius 1 is 0.250 bits per heavy atom. The van der Waals surface area contributed by atoms with Gasteiger partial charge in [0.2, 0.25) is 0 Å². The van der Waals surface area contributed by atoms with Crippen LogP contribution in [0.5, 0.6) is 0 Å². The first-order chi connectivity index (χ1) is 43.6. The lowest BCUT2D eigenvalue weighted by molar-refractivity contribution is 0.672. The molecule has 6 aromatic heterocycles. The lowest BCUT2D eigenvalue weighted by Crippen LogP contribution is -2.04. The van der Waals surface area contributed by atoms with E-state index >= 15 is 0 Å². The number of hydrogen-bond donors (Lipinski definition) is 0. The van der Waals surface area contributed by atoms with Gasteiger partial charge in [-0.25, -0.2) is 0 Å². The monoisotopic (exact) mass is 1120 g/mol. The van der Waals surface area contributed by atoms with Crippen LogP contribution >= 0.6 is 0 Å². The Balaban J connectivity index is 0.821. The van der Waals surface area contributed by atoms with E-state index in [9.17, 15) is 10.5 Å².